The van der Waals surface area contributed by atoms with Gasteiger partial charge in [-0.2, -0.15) is 0 Å². The Labute approximate surface area is 184 Å². The molecule has 0 atom stereocenters. The highest BCUT2D eigenvalue weighted by atomic mass is 33.1. The highest BCUT2D eigenvalue weighted by Crippen LogP contribution is 2.45. The van der Waals surface area contributed by atoms with Crippen molar-refractivity contribution in [1.29, 1.82) is 0 Å². The van der Waals surface area contributed by atoms with E-state index >= 15 is 0 Å². The fourth-order valence-electron chi connectivity index (χ4n) is 3.07. The van der Waals surface area contributed by atoms with Crippen molar-refractivity contribution in [1.82, 2.24) is 19.1 Å². The van der Waals surface area contributed by atoms with Crippen LogP contribution >= 0.6 is 21.6 Å². The molecule has 0 spiro atoms. The lowest BCUT2D eigenvalue weighted by Gasteiger charge is -2.08. The van der Waals surface area contributed by atoms with E-state index in [-0.39, 0.29) is 0 Å². The standard InChI is InChI=1S/C22H24N6S2/c1-13-5-9-15(10-6-13)17-19(27(3)21(23)25-17)29-30-20-18(26-22(24)28(20)4)16-11-7-14(2)8-12-16/h5-12H,1-4H3,(H2,23,25)(H2,24,26). The Morgan fingerprint density at radius 2 is 0.967 bits per heavy atom. The van der Waals surface area contributed by atoms with Crippen molar-refractivity contribution in [2.75, 3.05) is 11.5 Å². The second-order valence-corrected chi connectivity index (χ2v) is 9.37. The van der Waals surface area contributed by atoms with Crippen LogP contribution in [0.2, 0.25) is 0 Å². The van der Waals surface area contributed by atoms with Gasteiger partial charge in [0.15, 0.2) is 0 Å². The number of aromatic nitrogens is 4. The Morgan fingerprint density at radius 3 is 1.30 bits per heavy atom. The Morgan fingerprint density at radius 1 is 0.633 bits per heavy atom. The molecule has 0 fully saturated rings. The minimum absolute atomic E-state index is 0.483. The summed E-state index contributed by atoms with van der Waals surface area (Å²) in [5.74, 6) is 0.967. The topological polar surface area (TPSA) is 87.7 Å². The Hall–Kier alpha value is -2.84. The zero-order valence-corrected chi connectivity index (χ0v) is 19.0. The maximum absolute atomic E-state index is 6.14. The van der Waals surface area contributed by atoms with Gasteiger partial charge in [-0.15, -0.1) is 0 Å². The van der Waals surface area contributed by atoms with E-state index in [0.29, 0.717) is 11.9 Å². The highest BCUT2D eigenvalue weighted by Gasteiger charge is 2.20. The van der Waals surface area contributed by atoms with E-state index in [1.165, 1.54) is 11.1 Å². The van der Waals surface area contributed by atoms with Crippen molar-refractivity contribution in [3.05, 3.63) is 59.7 Å². The maximum Gasteiger partial charge on any atom is 0.201 e. The number of imidazole rings is 2. The third-order valence-corrected chi connectivity index (χ3v) is 7.53. The molecule has 0 aliphatic carbocycles. The van der Waals surface area contributed by atoms with Crippen LogP contribution in [0, 0.1) is 13.8 Å². The number of nitrogens with zero attached hydrogens (tertiary/aromatic N) is 4. The molecule has 0 amide bonds. The average molecular weight is 437 g/mol. The van der Waals surface area contributed by atoms with Gasteiger partial charge >= 0.3 is 0 Å². The zero-order chi connectivity index (χ0) is 21.4. The largest absolute Gasteiger partial charge is 0.369 e. The Kier molecular flexibility index (Phi) is 5.53. The van der Waals surface area contributed by atoms with Gasteiger partial charge in [0.1, 0.15) is 21.4 Å². The third-order valence-electron chi connectivity index (χ3n) is 5.00. The monoisotopic (exact) mass is 436 g/mol. The molecule has 0 aliphatic heterocycles. The fourth-order valence-corrected chi connectivity index (χ4v) is 5.74. The molecule has 0 saturated carbocycles. The molecule has 2 heterocycles. The molecule has 0 unspecified atom stereocenters. The number of nitrogens with two attached hydrogens (primary N) is 2. The van der Waals surface area contributed by atoms with Crippen LogP contribution in [0.3, 0.4) is 0 Å². The summed E-state index contributed by atoms with van der Waals surface area (Å²) in [7, 11) is 7.08. The molecule has 2 aromatic carbocycles. The summed E-state index contributed by atoms with van der Waals surface area (Å²) < 4.78 is 3.83. The molecule has 2 aromatic heterocycles. The molecule has 0 saturated heterocycles. The van der Waals surface area contributed by atoms with E-state index in [2.05, 4.69) is 72.3 Å². The van der Waals surface area contributed by atoms with Crippen LogP contribution in [-0.4, -0.2) is 19.1 Å². The van der Waals surface area contributed by atoms with Gasteiger partial charge in [-0.3, -0.25) is 0 Å². The molecule has 30 heavy (non-hydrogen) atoms. The summed E-state index contributed by atoms with van der Waals surface area (Å²) in [6, 6.07) is 16.6. The number of nitrogen functional groups attached to an aromatic ring is 2. The van der Waals surface area contributed by atoms with E-state index in [4.69, 9.17) is 11.5 Å². The smallest absolute Gasteiger partial charge is 0.201 e. The van der Waals surface area contributed by atoms with E-state index in [0.717, 1.165) is 32.6 Å². The van der Waals surface area contributed by atoms with Crippen LogP contribution in [0.25, 0.3) is 22.5 Å². The van der Waals surface area contributed by atoms with Gasteiger partial charge in [0.05, 0.1) is 0 Å². The van der Waals surface area contributed by atoms with E-state index in [1.807, 2.05) is 23.2 Å². The minimum atomic E-state index is 0.483. The Balaban J connectivity index is 1.69. The van der Waals surface area contributed by atoms with Gasteiger partial charge in [0.2, 0.25) is 11.9 Å². The summed E-state index contributed by atoms with van der Waals surface area (Å²) in [4.78, 5) is 9.20. The summed E-state index contributed by atoms with van der Waals surface area (Å²) in [6.45, 7) is 4.14. The van der Waals surface area contributed by atoms with Crippen molar-refractivity contribution in [2.24, 2.45) is 14.1 Å². The van der Waals surface area contributed by atoms with Gasteiger partial charge in [-0.25, -0.2) is 9.97 Å². The second kappa shape index (κ2) is 8.12. The van der Waals surface area contributed by atoms with Crippen molar-refractivity contribution < 1.29 is 0 Å². The zero-order valence-electron chi connectivity index (χ0n) is 17.4. The first-order valence-electron chi connectivity index (χ1n) is 9.48. The molecule has 8 heteroatoms. The summed E-state index contributed by atoms with van der Waals surface area (Å²) in [5.41, 5.74) is 18.5. The molecule has 4 rings (SSSR count). The summed E-state index contributed by atoms with van der Waals surface area (Å²) in [6.07, 6.45) is 0. The minimum Gasteiger partial charge on any atom is -0.369 e. The SMILES string of the molecule is Cc1ccc(-c2nc(N)n(C)c2SSc2c(-c3ccc(C)cc3)nc(N)n2C)cc1. The van der Waals surface area contributed by atoms with Gasteiger partial charge in [0.25, 0.3) is 0 Å². The Bertz CT molecular complexity index is 1090. The van der Waals surface area contributed by atoms with Crippen molar-refractivity contribution >= 4 is 33.5 Å². The van der Waals surface area contributed by atoms with E-state index in [1.54, 1.807) is 21.6 Å². The first-order valence-corrected chi connectivity index (χ1v) is 11.6. The lowest BCUT2D eigenvalue weighted by molar-refractivity contribution is 0.839. The number of hydrogen-bond donors (Lipinski definition) is 2. The normalized spacial score (nSPS) is 11.2. The van der Waals surface area contributed by atoms with Crippen LogP contribution in [0.15, 0.2) is 58.6 Å². The predicted molar refractivity (Wildman–Crippen MR) is 127 cm³/mol. The van der Waals surface area contributed by atoms with E-state index < -0.39 is 0 Å². The van der Waals surface area contributed by atoms with Crippen molar-refractivity contribution in [2.45, 2.75) is 23.9 Å². The van der Waals surface area contributed by atoms with Gasteiger partial charge in [0, 0.05) is 25.2 Å². The van der Waals surface area contributed by atoms with Crippen LogP contribution < -0.4 is 11.5 Å². The third kappa shape index (κ3) is 3.80. The quantitative estimate of drug-likeness (QED) is 0.425. The van der Waals surface area contributed by atoms with Gasteiger partial charge in [-0.05, 0) is 35.4 Å². The average Bonchev–Trinajstić information content (AvgIpc) is 3.17. The molecule has 0 aliphatic rings. The molecule has 4 aromatic rings. The lowest BCUT2D eigenvalue weighted by atomic mass is 10.1. The van der Waals surface area contributed by atoms with Crippen molar-refractivity contribution in [3.8, 4) is 22.5 Å². The maximum atomic E-state index is 6.14. The van der Waals surface area contributed by atoms with Crippen LogP contribution in [0.5, 0.6) is 0 Å². The number of aryl methyl sites for hydroxylation is 2. The second-order valence-electron chi connectivity index (χ2n) is 7.26. The first kappa shape index (κ1) is 20.4. The van der Waals surface area contributed by atoms with Crippen LogP contribution in [-0.2, 0) is 14.1 Å². The lowest BCUT2D eigenvalue weighted by Crippen LogP contribution is -1.98. The molecule has 154 valence electrons. The molecule has 6 nitrogen and oxygen atoms in total. The number of benzene rings is 2. The van der Waals surface area contributed by atoms with Crippen LogP contribution in [0.1, 0.15) is 11.1 Å². The van der Waals surface area contributed by atoms with Gasteiger partial charge < -0.3 is 20.6 Å². The molecule has 0 bridgehead atoms. The number of hydrogen-bond acceptors (Lipinski definition) is 6. The highest BCUT2D eigenvalue weighted by molar-refractivity contribution is 8.76. The first-order chi connectivity index (χ1) is 14.3. The molecule has 4 N–H and O–H groups in total. The molecule has 0 radical (unpaired) electrons. The predicted octanol–water partition coefficient (Wildman–Crippen LogP) is 5.07. The summed E-state index contributed by atoms with van der Waals surface area (Å²) >= 11 is 0. The molecular weight excluding hydrogens is 412 g/mol. The number of anilines is 2. The summed E-state index contributed by atoms with van der Waals surface area (Å²) in [5, 5.41) is 1.96. The van der Waals surface area contributed by atoms with Gasteiger partial charge in [-0.1, -0.05) is 59.7 Å². The van der Waals surface area contributed by atoms with E-state index in [9.17, 15) is 0 Å². The van der Waals surface area contributed by atoms with Crippen molar-refractivity contribution in [3.63, 3.8) is 0 Å². The molecular formula is C22H24N6S2. The van der Waals surface area contributed by atoms with Crippen LogP contribution in [0.4, 0.5) is 11.9 Å². The number of rotatable bonds is 5. The fraction of sp³-hybridized carbons (Fsp3) is 0.182.